The number of fused-ring (bicyclic) bond motifs is 10. The average Bonchev–Trinajstić information content (AvgIpc) is 3.50. The first-order chi connectivity index (χ1) is 20.6. The van der Waals surface area contributed by atoms with Gasteiger partial charge in [0.05, 0.1) is 11.0 Å². The summed E-state index contributed by atoms with van der Waals surface area (Å²) in [5.74, 6) is 2.01. The molecule has 0 saturated carbocycles. The van der Waals surface area contributed by atoms with Gasteiger partial charge in [-0.3, -0.25) is 0 Å². The van der Waals surface area contributed by atoms with E-state index in [1.54, 1.807) is 0 Å². The van der Waals surface area contributed by atoms with Crippen molar-refractivity contribution in [2.24, 2.45) is 9.98 Å². The van der Waals surface area contributed by atoms with E-state index in [1.165, 1.54) is 11.0 Å². The molecule has 5 aromatic carbocycles. The Morgan fingerprint density at radius 3 is 1.43 bits per heavy atom. The summed E-state index contributed by atoms with van der Waals surface area (Å²) < 4.78 is 17.5. The molecule has 6 nitrogen and oxygen atoms in total. The smallest absolute Gasteiger partial charge is 0.175 e. The van der Waals surface area contributed by atoms with Gasteiger partial charge in [-0.2, -0.15) is 0 Å². The molecule has 7 aromatic rings. The molecule has 2 aliphatic rings. The molecule has 8 heteroatoms. The zero-order valence-electron chi connectivity index (χ0n) is 22.7. The van der Waals surface area contributed by atoms with E-state index in [0.29, 0.717) is 55.1 Å². The number of para-hydroxylation sites is 2. The fraction of sp³-hybridized carbons (Fsp3) is 0.118. The Morgan fingerprint density at radius 1 is 0.571 bits per heavy atom. The highest BCUT2D eigenvalue weighted by atomic mass is 35.5. The highest BCUT2D eigenvalue weighted by Crippen LogP contribution is 2.46. The van der Waals surface area contributed by atoms with Crippen LogP contribution in [0.5, 0.6) is 23.0 Å². The molecule has 2 aromatic heterocycles. The molecule has 204 valence electrons. The van der Waals surface area contributed by atoms with Gasteiger partial charge in [0, 0.05) is 45.7 Å². The number of hydrogen-bond donors (Lipinski definition) is 0. The molecule has 0 unspecified atom stereocenters. The Bertz CT molecular complexity index is 2300. The standard InChI is InChI=1S/C34H22Cl2N4O2/c1-3-39-23-11-7-5-9-17(23)19-13-27-21(15-25(19)39)37-31-29(35)34-32(30(36)33(31)41-27)38-22-16-26-20(14-28(22)42-34)18-10-6-8-12-24(18)40(26)4-2/h5-16H,3-4H2,1-2H3. The first-order valence-electron chi connectivity index (χ1n) is 14.0. The maximum Gasteiger partial charge on any atom is 0.175 e. The van der Waals surface area contributed by atoms with Gasteiger partial charge in [0.2, 0.25) is 0 Å². The summed E-state index contributed by atoms with van der Waals surface area (Å²) in [5.41, 5.74) is 5.89. The molecule has 0 radical (unpaired) electrons. The van der Waals surface area contributed by atoms with E-state index < -0.39 is 0 Å². The third-order valence-electron chi connectivity index (χ3n) is 8.47. The van der Waals surface area contributed by atoms with Gasteiger partial charge in [0.1, 0.15) is 32.1 Å². The number of nitrogens with zero attached hydrogens (tertiary/aromatic N) is 4. The van der Waals surface area contributed by atoms with Crippen LogP contribution in [0.3, 0.4) is 0 Å². The van der Waals surface area contributed by atoms with Crippen molar-refractivity contribution >= 4 is 78.2 Å². The number of halogens is 2. The Labute approximate surface area is 249 Å². The van der Waals surface area contributed by atoms with Gasteiger partial charge in [0.25, 0.3) is 0 Å². The Morgan fingerprint density at radius 2 is 1.00 bits per heavy atom. The van der Waals surface area contributed by atoms with E-state index >= 15 is 0 Å². The molecule has 0 fully saturated rings. The SMILES string of the molecule is CCn1c2ccccc2c2cc3c(cc21)N=c1c(Cl)c2c(c(Cl)c1O3)=Nc1cc3c(cc1O2)c1ccccc1n3CC. The number of hydrogen-bond acceptors (Lipinski definition) is 4. The molecule has 4 heterocycles. The van der Waals surface area contributed by atoms with Crippen LogP contribution in [-0.2, 0) is 13.1 Å². The summed E-state index contributed by atoms with van der Waals surface area (Å²) in [4.78, 5) is 9.91. The van der Waals surface area contributed by atoms with Crippen LogP contribution in [-0.4, -0.2) is 9.13 Å². The van der Waals surface area contributed by atoms with Crippen LogP contribution in [0.1, 0.15) is 13.8 Å². The van der Waals surface area contributed by atoms with Gasteiger partial charge >= 0.3 is 0 Å². The normalized spacial score (nSPS) is 13.2. The van der Waals surface area contributed by atoms with Crippen molar-refractivity contribution in [1.82, 2.24) is 9.13 Å². The zero-order chi connectivity index (χ0) is 28.3. The van der Waals surface area contributed by atoms with Crippen molar-refractivity contribution in [2.45, 2.75) is 26.9 Å². The number of aryl methyl sites for hydroxylation is 2. The highest BCUT2D eigenvalue weighted by Gasteiger charge is 2.28. The molecular weight excluding hydrogens is 567 g/mol. The van der Waals surface area contributed by atoms with Crippen molar-refractivity contribution < 1.29 is 9.47 Å². The minimum absolute atomic E-state index is 0.316. The van der Waals surface area contributed by atoms with E-state index in [9.17, 15) is 0 Å². The van der Waals surface area contributed by atoms with E-state index in [1.807, 2.05) is 12.1 Å². The van der Waals surface area contributed by atoms with Crippen LogP contribution < -0.4 is 20.2 Å². The fourth-order valence-electron chi connectivity index (χ4n) is 6.61. The second kappa shape index (κ2) is 8.51. The lowest BCUT2D eigenvalue weighted by Crippen LogP contribution is -2.22. The third kappa shape index (κ3) is 3.06. The van der Waals surface area contributed by atoms with Crippen molar-refractivity contribution in [2.75, 3.05) is 0 Å². The second-order valence-electron chi connectivity index (χ2n) is 10.6. The average molecular weight is 589 g/mol. The summed E-state index contributed by atoms with van der Waals surface area (Å²) in [6.07, 6.45) is 0. The Kier molecular flexibility index (Phi) is 4.88. The summed E-state index contributed by atoms with van der Waals surface area (Å²) in [5, 5.41) is 6.04. The maximum atomic E-state index is 7.00. The van der Waals surface area contributed by atoms with Crippen LogP contribution >= 0.6 is 23.2 Å². The van der Waals surface area contributed by atoms with Crippen LogP contribution in [0.2, 0.25) is 10.0 Å². The van der Waals surface area contributed by atoms with Gasteiger partial charge in [0.15, 0.2) is 23.0 Å². The van der Waals surface area contributed by atoms with E-state index in [2.05, 4.69) is 83.6 Å². The number of rotatable bonds is 2. The van der Waals surface area contributed by atoms with Crippen molar-refractivity contribution in [3.63, 3.8) is 0 Å². The molecule has 9 rings (SSSR count). The van der Waals surface area contributed by atoms with Crippen molar-refractivity contribution in [3.05, 3.63) is 93.6 Å². The maximum absolute atomic E-state index is 7.00. The van der Waals surface area contributed by atoms with Crippen LogP contribution in [0.15, 0.2) is 82.8 Å². The highest BCUT2D eigenvalue weighted by molar-refractivity contribution is 6.35. The largest absolute Gasteiger partial charge is 0.451 e. The number of benzene rings is 5. The second-order valence-corrected chi connectivity index (χ2v) is 11.4. The van der Waals surface area contributed by atoms with Gasteiger partial charge in [-0.25, -0.2) is 9.98 Å². The number of ether oxygens (including phenoxy) is 2. The van der Waals surface area contributed by atoms with Gasteiger partial charge in [-0.05, 0) is 50.2 Å². The van der Waals surface area contributed by atoms with Crippen molar-refractivity contribution in [1.29, 1.82) is 0 Å². The van der Waals surface area contributed by atoms with Crippen molar-refractivity contribution in [3.8, 4) is 23.0 Å². The summed E-state index contributed by atoms with van der Waals surface area (Å²) in [6.45, 7) is 5.95. The lowest BCUT2D eigenvalue weighted by Gasteiger charge is -2.21. The molecule has 0 saturated heterocycles. The molecule has 0 spiro atoms. The Hall–Kier alpha value is -4.52. The van der Waals surface area contributed by atoms with E-state index in [4.69, 9.17) is 42.7 Å². The minimum Gasteiger partial charge on any atom is -0.451 e. The minimum atomic E-state index is 0.316. The fourth-order valence-corrected chi connectivity index (χ4v) is 7.13. The molecule has 0 N–H and O–H groups in total. The first kappa shape index (κ1) is 24.1. The lowest BCUT2D eigenvalue weighted by molar-refractivity contribution is 0.452. The van der Waals surface area contributed by atoms with Crippen LogP contribution in [0, 0.1) is 0 Å². The molecule has 42 heavy (non-hydrogen) atoms. The van der Waals surface area contributed by atoms with Crippen LogP contribution in [0.4, 0.5) is 11.4 Å². The summed E-state index contributed by atoms with van der Waals surface area (Å²) in [7, 11) is 0. The van der Waals surface area contributed by atoms with E-state index in [0.717, 1.165) is 45.7 Å². The van der Waals surface area contributed by atoms with Gasteiger partial charge in [-0.15, -0.1) is 0 Å². The van der Waals surface area contributed by atoms with Crippen LogP contribution in [0.25, 0.3) is 43.6 Å². The molecular formula is C34H22Cl2N4O2. The summed E-state index contributed by atoms with van der Waals surface area (Å²) in [6, 6.07) is 25.0. The van der Waals surface area contributed by atoms with E-state index in [-0.39, 0.29) is 0 Å². The number of aromatic nitrogens is 2. The molecule has 0 amide bonds. The molecule has 0 bridgehead atoms. The van der Waals surface area contributed by atoms with Gasteiger partial charge < -0.3 is 18.6 Å². The predicted octanol–water partition coefficient (Wildman–Crippen LogP) is 9.36. The first-order valence-corrected chi connectivity index (χ1v) is 14.8. The topological polar surface area (TPSA) is 53.0 Å². The lowest BCUT2D eigenvalue weighted by atomic mass is 10.1. The third-order valence-corrected chi connectivity index (χ3v) is 9.17. The Balaban J connectivity index is 1.28. The molecule has 2 aliphatic heterocycles. The quantitative estimate of drug-likeness (QED) is 0.202. The molecule has 0 atom stereocenters. The summed E-state index contributed by atoms with van der Waals surface area (Å²) >= 11 is 14.0. The predicted molar refractivity (Wildman–Crippen MR) is 168 cm³/mol. The monoisotopic (exact) mass is 588 g/mol. The zero-order valence-corrected chi connectivity index (χ0v) is 24.2. The molecule has 0 aliphatic carbocycles. The van der Waals surface area contributed by atoms with Gasteiger partial charge in [-0.1, -0.05) is 59.6 Å².